The van der Waals surface area contributed by atoms with E-state index >= 15 is 0 Å². The predicted molar refractivity (Wildman–Crippen MR) is 111 cm³/mol. The van der Waals surface area contributed by atoms with Crippen LogP contribution in [0.3, 0.4) is 0 Å². The summed E-state index contributed by atoms with van der Waals surface area (Å²) in [6.07, 6.45) is 3.96. The molecule has 28 heavy (non-hydrogen) atoms. The summed E-state index contributed by atoms with van der Waals surface area (Å²) in [6, 6.07) is 11.8. The number of hydrogen-bond acceptors (Lipinski definition) is 5. The second-order valence-electron chi connectivity index (χ2n) is 6.45. The summed E-state index contributed by atoms with van der Waals surface area (Å²) in [5, 5.41) is 5.02. The molecule has 0 fully saturated rings. The Kier molecular flexibility index (Phi) is 4.75. The Balaban J connectivity index is 1.59. The normalized spacial score (nSPS) is 10.9. The molecule has 0 spiro atoms. The molecule has 0 aliphatic rings. The van der Waals surface area contributed by atoms with Crippen LogP contribution in [0.25, 0.3) is 16.9 Å². The van der Waals surface area contributed by atoms with Crippen molar-refractivity contribution in [3.63, 3.8) is 0 Å². The van der Waals surface area contributed by atoms with Crippen molar-refractivity contribution >= 4 is 28.0 Å². The quantitative estimate of drug-likeness (QED) is 0.573. The smallest absolute Gasteiger partial charge is 0.270 e. The largest absolute Gasteiger partial charge is 0.298 e. The van der Waals surface area contributed by atoms with Crippen molar-refractivity contribution in [3.8, 4) is 11.3 Å². The first-order valence-corrected chi connectivity index (χ1v) is 9.77. The molecule has 0 saturated heterocycles. The van der Waals surface area contributed by atoms with Gasteiger partial charge in [0.1, 0.15) is 11.2 Å². The lowest BCUT2D eigenvalue weighted by Gasteiger charge is -2.05. The van der Waals surface area contributed by atoms with E-state index in [-0.39, 0.29) is 5.56 Å². The lowest BCUT2D eigenvalue weighted by atomic mass is 10.1. The Morgan fingerprint density at radius 1 is 1.18 bits per heavy atom. The van der Waals surface area contributed by atoms with Crippen LogP contribution in [0.5, 0.6) is 0 Å². The van der Waals surface area contributed by atoms with Gasteiger partial charge in [0.2, 0.25) is 0 Å². The van der Waals surface area contributed by atoms with E-state index in [1.54, 1.807) is 12.3 Å². The van der Waals surface area contributed by atoms with E-state index in [2.05, 4.69) is 34.3 Å². The Morgan fingerprint density at radius 2 is 1.96 bits per heavy atom. The van der Waals surface area contributed by atoms with E-state index in [4.69, 9.17) is 0 Å². The van der Waals surface area contributed by atoms with Crippen LogP contribution in [0, 0.1) is 6.92 Å². The zero-order valence-electron chi connectivity index (χ0n) is 15.5. The van der Waals surface area contributed by atoms with E-state index in [0.717, 1.165) is 23.2 Å². The highest BCUT2D eigenvalue weighted by atomic mass is 32.1. The highest BCUT2D eigenvalue weighted by Crippen LogP contribution is 2.25. The third kappa shape index (κ3) is 3.44. The minimum Gasteiger partial charge on any atom is -0.298 e. The maximum Gasteiger partial charge on any atom is 0.270 e. The van der Waals surface area contributed by atoms with Crippen LogP contribution >= 0.6 is 11.3 Å². The topological polar surface area (TPSA) is 76.4 Å². The third-order valence-electron chi connectivity index (χ3n) is 4.48. The Morgan fingerprint density at radius 3 is 2.71 bits per heavy atom. The van der Waals surface area contributed by atoms with E-state index in [9.17, 15) is 9.59 Å². The number of benzene rings is 1. The molecule has 1 N–H and O–H groups in total. The summed E-state index contributed by atoms with van der Waals surface area (Å²) in [5.74, 6) is -0.518. The second-order valence-corrected chi connectivity index (χ2v) is 7.31. The van der Waals surface area contributed by atoms with E-state index < -0.39 is 11.5 Å². The molecule has 0 atom stereocenters. The number of nitrogens with one attached hydrogen (secondary N) is 1. The number of carbonyl (C=O) groups excluding carboxylic acids is 1. The zero-order chi connectivity index (χ0) is 19.7. The maximum absolute atomic E-state index is 12.6. The van der Waals surface area contributed by atoms with Crippen LogP contribution in [-0.4, -0.2) is 20.3 Å². The van der Waals surface area contributed by atoms with Gasteiger partial charge in [0.05, 0.1) is 5.69 Å². The van der Waals surface area contributed by atoms with Crippen molar-refractivity contribution in [2.75, 3.05) is 5.32 Å². The summed E-state index contributed by atoms with van der Waals surface area (Å²) in [6.45, 7) is 3.99. The second kappa shape index (κ2) is 7.36. The first kappa shape index (κ1) is 18.1. The number of aryl methyl sites for hydroxylation is 2. The van der Waals surface area contributed by atoms with Crippen LogP contribution < -0.4 is 10.9 Å². The fourth-order valence-corrected chi connectivity index (χ4v) is 3.59. The molecule has 4 aromatic rings. The molecule has 140 valence electrons. The first-order valence-electron chi connectivity index (χ1n) is 8.89. The number of fused-ring (bicyclic) bond motifs is 1. The maximum atomic E-state index is 12.6. The molecule has 6 nitrogen and oxygen atoms in total. The molecule has 3 heterocycles. The summed E-state index contributed by atoms with van der Waals surface area (Å²) in [4.78, 5) is 33.9. The molecule has 3 aromatic heterocycles. The molecule has 4 rings (SSSR count). The molecular formula is C21H18N4O2S. The number of carbonyl (C=O) groups is 1. The van der Waals surface area contributed by atoms with Gasteiger partial charge < -0.3 is 0 Å². The van der Waals surface area contributed by atoms with Crippen molar-refractivity contribution in [1.29, 1.82) is 0 Å². The van der Waals surface area contributed by atoms with Gasteiger partial charge in [0.25, 0.3) is 11.5 Å². The number of nitrogens with zero attached hydrogens (tertiary/aromatic N) is 3. The fourth-order valence-electron chi connectivity index (χ4n) is 2.88. The average Bonchev–Trinajstić information content (AvgIpc) is 3.17. The lowest BCUT2D eigenvalue weighted by Crippen LogP contribution is -2.26. The minimum atomic E-state index is -0.518. The van der Waals surface area contributed by atoms with Crippen molar-refractivity contribution < 1.29 is 4.79 Å². The van der Waals surface area contributed by atoms with E-state index in [1.165, 1.54) is 27.5 Å². The standard InChI is InChI=1S/C21H18N4O2S/c1-3-14-5-7-15(8-6-14)17-12-28-21(23-17)24-19(26)16-10-22-18-9-4-13(2)11-25(18)20(16)27/h4-12H,3H2,1-2H3,(H,23,24,26). The minimum absolute atomic E-state index is 0.0212. The van der Waals surface area contributed by atoms with Crippen LogP contribution in [0.15, 0.2) is 59.0 Å². The molecule has 0 unspecified atom stereocenters. The molecule has 7 heteroatoms. The first-order chi connectivity index (χ1) is 13.5. The van der Waals surface area contributed by atoms with Gasteiger partial charge in [-0.05, 0) is 30.5 Å². The Bertz CT molecular complexity index is 1230. The van der Waals surface area contributed by atoms with Crippen LogP contribution in [0.2, 0.25) is 0 Å². The van der Waals surface area contributed by atoms with Gasteiger partial charge in [-0.15, -0.1) is 11.3 Å². The van der Waals surface area contributed by atoms with Crippen LogP contribution in [0.1, 0.15) is 28.4 Å². The summed E-state index contributed by atoms with van der Waals surface area (Å²) in [7, 11) is 0. The summed E-state index contributed by atoms with van der Waals surface area (Å²) >= 11 is 1.32. The van der Waals surface area contributed by atoms with Gasteiger partial charge in [-0.3, -0.25) is 19.3 Å². The van der Waals surface area contributed by atoms with Crippen molar-refractivity contribution in [2.45, 2.75) is 20.3 Å². The van der Waals surface area contributed by atoms with Gasteiger partial charge in [-0.1, -0.05) is 37.3 Å². The van der Waals surface area contributed by atoms with Crippen molar-refractivity contribution in [3.05, 3.63) is 81.2 Å². The van der Waals surface area contributed by atoms with Gasteiger partial charge in [0.15, 0.2) is 5.13 Å². The average molecular weight is 390 g/mol. The molecule has 0 aliphatic carbocycles. The predicted octanol–water partition coefficient (Wildman–Crippen LogP) is 3.94. The molecular weight excluding hydrogens is 372 g/mol. The number of amides is 1. The van der Waals surface area contributed by atoms with Gasteiger partial charge in [-0.25, -0.2) is 9.97 Å². The summed E-state index contributed by atoms with van der Waals surface area (Å²) in [5.41, 5.74) is 4.01. The Labute approximate surface area is 165 Å². The fraction of sp³-hybridized carbons (Fsp3) is 0.143. The molecule has 0 saturated carbocycles. The molecule has 0 bridgehead atoms. The van der Waals surface area contributed by atoms with Gasteiger partial charge >= 0.3 is 0 Å². The molecule has 1 amide bonds. The number of rotatable bonds is 4. The Hall–Kier alpha value is -3.32. The van der Waals surface area contributed by atoms with E-state index in [0.29, 0.717) is 10.8 Å². The molecule has 0 aliphatic heterocycles. The number of aromatic nitrogens is 3. The number of hydrogen-bond donors (Lipinski definition) is 1. The highest BCUT2D eigenvalue weighted by molar-refractivity contribution is 7.14. The highest BCUT2D eigenvalue weighted by Gasteiger charge is 2.15. The molecule has 0 radical (unpaired) electrons. The number of pyridine rings is 1. The molecule has 1 aromatic carbocycles. The zero-order valence-corrected chi connectivity index (χ0v) is 16.3. The van der Waals surface area contributed by atoms with E-state index in [1.807, 2.05) is 30.5 Å². The monoisotopic (exact) mass is 390 g/mol. The number of thiazole rings is 1. The number of anilines is 1. The third-order valence-corrected chi connectivity index (χ3v) is 5.23. The van der Waals surface area contributed by atoms with Crippen LogP contribution in [0.4, 0.5) is 5.13 Å². The van der Waals surface area contributed by atoms with Crippen molar-refractivity contribution in [2.24, 2.45) is 0 Å². The van der Waals surface area contributed by atoms with Gasteiger partial charge in [-0.2, -0.15) is 0 Å². The SMILES string of the molecule is CCc1ccc(-c2csc(NC(=O)c3cnc4ccc(C)cn4c3=O)n2)cc1. The van der Waals surface area contributed by atoms with Gasteiger partial charge in [0, 0.05) is 23.3 Å². The van der Waals surface area contributed by atoms with Crippen LogP contribution in [-0.2, 0) is 6.42 Å². The lowest BCUT2D eigenvalue weighted by molar-refractivity contribution is 0.102. The summed E-state index contributed by atoms with van der Waals surface area (Å²) < 4.78 is 1.38. The van der Waals surface area contributed by atoms with Crippen molar-refractivity contribution in [1.82, 2.24) is 14.4 Å².